The largest absolute Gasteiger partial charge is 0.478 e. The van der Waals surface area contributed by atoms with Crippen molar-refractivity contribution >= 4 is 11.9 Å². The monoisotopic (exact) mass is 366 g/mol. The Kier molecular flexibility index (Phi) is 5.33. The number of carboxylic acid groups (broad SMARTS) is 2. The van der Waals surface area contributed by atoms with Gasteiger partial charge in [-0.15, -0.1) is 10.5 Å². The van der Waals surface area contributed by atoms with E-state index in [0.717, 1.165) is 0 Å². The van der Waals surface area contributed by atoms with E-state index in [1.807, 2.05) is 0 Å². The molecule has 0 spiro atoms. The highest BCUT2D eigenvalue weighted by Gasteiger charge is 2.37. The third-order valence-corrected chi connectivity index (χ3v) is 4.07. The number of nitriles is 2. The molecule has 0 amide bonds. The first-order valence-corrected chi connectivity index (χ1v) is 7.61. The lowest BCUT2D eigenvalue weighted by Crippen LogP contribution is -2.27. The van der Waals surface area contributed by atoms with Crippen molar-refractivity contribution in [3.05, 3.63) is 58.7 Å². The van der Waals surface area contributed by atoms with Gasteiger partial charge in [0.1, 0.15) is 11.5 Å². The van der Waals surface area contributed by atoms with Gasteiger partial charge in [0.15, 0.2) is 0 Å². The van der Waals surface area contributed by atoms with E-state index in [9.17, 15) is 19.8 Å². The van der Waals surface area contributed by atoms with Crippen LogP contribution in [0.25, 0.3) is 0 Å². The van der Waals surface area contributed by atoms with Gasteiger partial charge < -0.3 is 19.7 Å². The maximum absolute atomic E-state index is 11.7. The lowest BCUT2D eigenvalue weighted by Gasteiger charge is -2.30. The van der Waals surface area contributed by atoms with E-state index in [2.05, 4.69) is 0 Å². The van der Waals surface area contributed by atoms with Gasteiger partial charge in [-0.05, 0) is 24.3 Å². The Labute approximate surface area is 154 Å². The Hall–Kier alpha value is -4.04. The number of carboxylic acids is 2. The molecule has 0 aliphatic carbocycles. The SMILES string of the molecule is CC(C)(c1c(OC#N)cccc1C(=O)O)c1c(OC#N)cccc1C(=O)O. The summed E-state index contributed by atoms with van der Waals surface area (Å²) >= 11 is 0. The Bertz CT molecular complexity index is 919. The van der Waals surface area contributed by atoms with E-state index in [4.69, 9.17) is 20.0 Å². The Balaban J connectivity index is 2.93. The molecule has 8 heteroatoms. The maximum Gasteiger partial charge on any atom is 0.336 e. The summed E-state index contributed by atoms with van der Waals surface area (Å²) in [4.78, 5) is 23.5. The van der Waals surface area contributed by atoms with Crippen LogP contribution < -0.4 is 9.47 Å². The van der Waals surface area contributed by atoms with Gasteiger partial charge >= 0.3 is 11.9 Å². The lowest BCUT2D eigenvalue weighted by molar-refractivity contribution is 0.0686. The number of ether oxygens (including phenoxy) is 2. The molecule has 0 aliphatic rings. The van der Waals surface area contributed by atoms with Crippen LogP contribution >= 0.6 is 0 Å². The van der Waals surface area contributed by atoms with Crippen molar-refractivity contribution in [2.45, 2.75) is 19.3 Å². The summed E-state index contributed by atoms with van der Waals surface area (Å²) in [6.07, 6.45) is 3.00. The topological polar surface area (TPSA) is 141 Å². The van der Waals surface area contributed by atoms with Crippen molar-refractivity contribution in [3.63, 3.8) is 0 Å². The zero-order chi connectivity index (χ0) is 20.2. The predicted molar refractivity (Wildman–Crippen MR) is 91.4 cm³/mol. The molecule has 0 atom stereocenters. The van der Waals surface area contributed by atoms with Crippen molar-refractivity contribution in [3.8, 4) is 24.0 Å². The molecule has 0 aromatic heterocycles. The number of rotatable bonds is 6. The first-order chi connectivity index (χ1) is 12.8. The summed E-state index contributed by atoms with van der Waals surface area (Å²) in [5, 5.41) is 37.0. The smallest absolute Gasteiger partial charge is 0.336 e. The molecule has 0 aliphatic heterocycles. The van der Waals surface area contributed by atoms with Crippen molar-refractivity contribution in [1.82, 2.24) is 0 Å². The van der Waals surface area contributed by atoms with Gasteiger partial charge in [0.25, 0.3) is 12.5 Å². The number of aromatic carboxylic acids is 2. The van der Waals surface area contributed by atoms with Crippen LogP contribution in [0.4, 0.5) is 0 Å². The fourth-order valence-electron chi connectivity index (χ4n) is 3.10. The van der Waals surface area contributed by atoms with Crippen molar-refractivity contribution in [1.29, 1.82) is 10.5 Å². The van der Waals surface area contributed by atoms with Gasteiger partial charge in [-0.3, -0.25) is 0 Å². The van der Waals surface area contributed by atoms with Crippen LogP contribution in [0.2, 0.25) is 0 Å². The number of carbonyl (C=O) groups is 2. The Morgan fingerprint density at radius 1 is 0.852 bits per heavy atom. The predicted octanol–water partition coefficient (Wildman–Crippen LogP) is 3.13. The third kappa shape index (κ3) is 3.51. The molecule has 0 saturated carbocycles. The molecular weight excluding hydrogens is 352 g/mol. The van der Waals surface area contributed by atoms with E-state index in [1.165, 1.54) is 48.9 Å². The second-order valence-corrected chi connectivity index (χ2v) is 5.98. The Morgan fingerprint density at radius 2 is 1.22 bits per heavy atom. The molecule has 8 nitrogen and oxygen atoms in total. The van der Waals surface area contributed by atoms with Crippen LogP contribution in [0.3, 0.4) is 0 Å². The number of hydrogen-bond acceptors (Lipinski definition) is 6. The molecule has 0 heterocycles. The van der Waals surface area contributed by atoms with Crippen molar-refractivity contribution in [2.75, 3.05) is 0 Å². The van der Waals surface area contributed by atoms with Gasteiger partial charge in [0, 0.05) is 16.5 Å². The summed E-state index contributed by atoms with van der Waals surface area (Å²) in [7, 11) is 0. The van der Waals surface area contributed by atoms with Gasteiger partial charge in [-0.2, -0.15) is 0 Å². The van der Waals surface area contributed by atoms with Crippen LogP contribution in [-0.2, 0) is 5.41 Å². The van der Waals surface area contributed by atoms with Crippen LogP contribution in [0.5, 0.6) is 11.5 Å². The second kappa shape index (κ2) is 7.46. The molecular formula is C19H14N2O6. The molecule has 136 valence electrons. The highest BCUT2D eigenvalue weighted by Crippen LogP contribution is 2.44. The van der Waals surface area contributed by atoms with Gasteiger partial charge in [-0.1, -0.05) is 26.0 Å². The first kappa shape index (κ1) is 19.3. The van der Waals surface area contributed by atoms with Crippen LogP contribution in [0.1, 0.15) is 45.7 Å². The minimum Gasteiger partial charge on any atom is -0.478 e. The standard InChI is InChI=1S/C19H14N2O6/c1-19(2,15-11(17(22)23)5-3-7-13(15)26-9-20)16-12(18(24)25)6-4-8-14(16)27-10-21/h3-8H,1-2H3,(H,22,23)(H,24,25). The average molecular weight is 366 g/mol. The van der Waals surface area contributed by atoms with Crippen molar-refractivity contribution < 1.29 is 29.3 Å². The number of benzene rings is 2. The van der Waals surface area contributed by atoms with E-state index < -0.39 is 17.4 Å². The molecule has 2 N–H and O–H groups in total. The van der Waals surface area contributed by atoms with Crippen molar-refractivity contribution in [2.24, 2.45) is 0 Å². The summed E-state index contributed by atoms with van der Waals surface area (Å²) in [5.41, 5.74) is -1.49. The molecule has 0 bridgehead atoms. The summed E-state index contributed by atoms with van der Waals surface area (Å²) in [6.45, 7) is 3.12. The zero-order valence-corrected chi connectivity index (χ0v) is 14.4. The number of hydrogen-bond donors (Lipinski definition) is 2. The summed E-state index contributed by atoms with van der Waals surface area (Å²) < 4.78 is 9.85. The molecule has 0 unspecified atom stereocenters. The normalized spacial score (nSPS) is 10.4. The second-order valence-electron chi connectivity index (χ2n) is 5.98. The number of nitrogens with zero attached hydrogens (tertiary/aromatic N) is 2. The molecule has 0 radical (unpaired) electrons. The minimum absolute atomic E-state index is 0.0366. The lowest BCUT2D eigenvalue weighted by atomic mass is 9.73. The highest BCUT2D eigenvalue weighted by atomic mass is 16.5. The maximum atomic E-state index is 11.7. The molecule has 2 aromatic rings. The zero-order valence-electron chi connectivity index (χ0n) is 14.4. The van der Waals surface area contributed by atoms with Gasteiger partial charge in [0.2, 0.25) is 0 Å². The average Bonchev–Trinajstić information content (AvgIpc) is 2.61. The minimum atomic E-state index is -1.30. The molecule has 2 aromatic carbocycles. The van der Waals surface area contributed by atoms with E-state index >= 15 is 0 Å². The van der Waals surface area contributed by atoms with Crippen LogP contribution in [-0.4, -0.2) is 22.2 Å². The van der Waals surface area contributed by atoms with Gasteiger partial charge in [-0.25, -0.2) is 9.59 Å². The van der Waals surface area contributed by atoms with Crippen LogP contribution in [0.15, 0.2) is 36.4 Å². The van der Waals surface area contributed by atoms with E-state index in [1.54, 1.807) is 13.8 Å². The fourth-order valence-corrected chi connectivity index (χ4v) is 3.10. The Morgan fingerprint density at radius 3 is 1.52 bits per heavy atom. The molecule has 2 rings (SSSR count). The van der Waals surface area contributed by atoms with E-state index in [-0.39, 0.29) is 33.8 Å². The highest BCUT2D eigenvalue weighted by molar-refractivity contribution is 5.94. The van der Waals surface area contributed by atoms with Gasteiger partial charge in [0.05, 0.1) is 11.1 Å². The van der Waals surface area contributed by atoms with Crippen LogP contribution in [0, 0.1) is 23.0 Å². The third-order valence-electron chi connectivity index (χ3n) is 4.07. The summed E-state index contributed by atoms with van der Waals surface area (Å²) in [6, 6.07) is 8.26. The quantitative estimate of drug-likeness (QED) is 0.743. The molecule has 0 saturated heterocycles. The molecule has 27 heavy (non-hydrogen) atoms. The fraction of sp³-hybridized carbons (Fsp3) is 0.158. The molecule has 0 fully saturated rings. The first-order valence-electron chi connectivity index (χ1n) is 7.61. The van der Waals surface area contributed by atoms with E-state index in [0.29, 0.717) is 0 Å². The summed E-state index contributed by atoms with van der Waals surface area (Å²) in [5.74, 6) is -2.63.